The third-order valence-corrected chi connectivity index (χ3v) is 5.32. The Morgan fingerprint density at radius 3 is 2.61 bits per heavy atom. The molecule has 1 N–H and O–H groups in total. The molecule has 168 valence electrons. The normalized spacial score (nSPS) is 14.5. The Morgan fingerprint density at radius 1 is 1.42 bits per heavy atom. The minimum Gasteiger partial charge on any atom is -0.444 e. The van der Waals surface area contributed by atoms with Crippen LogP contribution in [0.25, 0.3) is 5.57 Å². The van der Waals surface area contributed by atoms with Crippen LogP contribution >= 0.6 is 23.5 Å². The van der Waals surface area contributed by atoms with Crippen LogP contribution in [0.15, 0.2) is 18.2 Å². The van der Waals surface area contributed by atoms with Crippen LogP contribution in [0.3, 0.4) is 0 Å². The maximum Gasteiger partial charge on any atom is 0.417 e. The Hall–Kier alpha value is -2.38. The van der Waals surface area contributed by atoms with Gasteiger partial charge >= 0.3 is 12.3 Å². The van der Waals surface area contributed by atoms with E-state index in [1.54, 1.807) is 33.0 Å². The van der Waals surface area contributed by atoms with Crippen LogP contribution in [-0.4, -0.2) is 46.3 Å². The van der Waals surface area contributed by atoms with E-state index in [2.05, 4.69) is 12.0 Å². The number of nitrogens with zero attached hydrogens (tertiary/aromatic N) is 3. The SMILES string of the molecule is C=[N+](SCNC#N)c1cc(Cl)c(C2=CCN(C(=O)OC(C)(C)C)CC2)c(C(F)(F)F)c1. The minimum absolute atomic E-state index is 0.0655. The van der Waals surface area contributed by atoms with Crippen molar-refractivity contribution >= 4 is 47.6 Å². The summed E-state index contributed by atoms with van der Waals surface area (Å²) in [4.78, 5) is 13.6. The van der Waals surface area contributed by atoms with Gasteiger partial charge in [-0.25, -0.2) is 4.79 Å². The van der Waals surface area contributed by atoms with E-state index >= 15 is 0 Å². The van der Waals surface area contributed by atoms with Gasteiger partial charge in [0.05, 0.1) is 10.6 Å². The third kappa shape index (κ3) is 6.80. The summed E-state index contributed by atoms with van der Waals surface area (Å²) in [6.07, 6.45) is -1.67. The van der Waals surface area contributed by atoms with E-state index in [0.29, 0.717) is 5.57 Å². The molecule has 0 saturated carbocycles. The summed E-state index contributed by atoms with van der Waals surface area (Å²) in [6.45, 7) is 9.26. The first kappa shape index (κ1) is 24.9. The highest BCUT2D eigenvalue weighted by molar-refractivity contribution is 7.93. The molecule has 0 spiro atoms. The Kier molecular flexibility index (Phi) is 7.89. The van der Waals surface area contributed by atoms with Crippen molar-refractivity contribution < 1.29 is 26.7 Å². The van der Waals surface area contributed by atoms with Gasteiger partial charge in [-0.3, -0.25) is 0 Å². The summed E-state index contributed by atoms with van der Waals surface area (Å²) >= 11 is 7.31. The minimum atomic E-state index is -4.64. The maximum absolute atomic E-state index is 13.9. The lowest BCUT2D eigenvalue weighted by Gasteiger charge is -2.30. The van der Waals surface area contributed by atoms with Gasteiger partial charge in [-0.05, 0) is 32.8 Å². The average Bonchev–Trinajstić information content (AvgIpc) is 2.65. The molecule has 0 fully saturated rings. The van der Waals surface area contributed by atoms with Crippen molar-refractivity contribution in [3.05, 3.63) is 34.4 Å². The lowest BCUT2D eigenvalue weighted by molar-refractivity contribution is -0.227. The smallest absolute Gasteiger partial charge is 0.417 e. The molecule has 0 atom stereocenters. The van der Waals surface area contributed by atoms with Gasteiger partial charge < -0.3 is 15.0 Å². The first-order valence-corrected chi connectivity index (χ1v) is 10.6. The van der Waals surface area contributed by atoms with Gasteiger partial charge in [-0.2, -0.15) is 18.4 Å². The van der Waals surface area contributed by atoms with E-state index < -0.39 is 23.4 Å². The molecule has 0 saturated heterocycles. The quantitative estimate of drug-likeness (QED) is 0.117. The Labute approximate surface area is 188 Å². The van der Waals surface area contributed by atoms with Gasteiger partial charge in [0.2, 0.25) is 5.69 Å². The van der Waals surface area contributed by atoms with Crippen molar-refractivity contribution in [2.75, 3.05) is 19.0 Å². The maximum atomic E-state index is 13.9. The second-order valence-corrected chi connectivity index (χ2v) is 9.09. The molecule has 31 heavy (non-hydrogen) atoms. The van der Waals surface area contributed by atoms with Crippen molar-refractivity contribution in [2.45, 2.75) is 39.0 Å². The van der Waals surface area contributed by atoms with Crippen LogP contribution in [0.4, 0.5) is 23.7 Å². The number of nitrogens with one attached hydrogen (secondary N) is 1. The first-order valence-electron chi connectivity index (χ1n) is 9.27. The van der Waals surface area contributed by atoms with E-state index in [9.17, 15) is 18.0 Å². The average molecular weight is 476 g/mol. The zero-order chi connectivity index (χ0) is 23.4. The summed E-state index contributed by atoms with van der Waals surface area (Å²) in [6, 6.07) is 2.38. The van der Waals surface area contributed by atoms with Crippen LogP contribution in [0.1, 0.15) is 38.3 Å². The molecular formula is C20H23ClF3N4O2S+. The number of carbonyl (C=O) groups excluding carboxylic acids is 1. The molecule has 0 aliphatic carbocycles. The summed E-state index contributed by atoms with van der Waals surface area (Å²) in [5.41, 5.74) is -1.08. The molecule has 0 unspecified atom stereocenters. The summed E-state index contributed by atoms with van der Waals surface area (Å²) in [5, 5.41) is 10.8. The fourth-order valence-corrected chi connectivity index (χ4v) is 3.77. The number of halogens is 4. The molecule has 0 bridgehead atoms. The first-order chi connectivity index (χ1) is 14.3. The second-order valence-electron chi connectivity index (χ2n) is 7.69. The van der Waals surface area contributed by atoms with Crippen molar-refractivity contribution in [1.82, 2.24) is 10.2 Å². The third-order valence-electron chi connectivity index (χ3n) is 4.22. The van der Waals surface area contributed by atoms with Gasteiger partial charge in [0.15, 0.2) is 18.1 Å². The number of ether oxygens (including phenoxy) is 1. The van der Waals surface area contributed by atoms with E-state index in [1.165, 1.54) is 14.9 Å². The van der Waals surface area contributed by atoms with Gasteiger partial charge in [0, 0.05) is 30.8 Å². The number of hydrogen-bond acceptors (Lipinski definition) is 5. The van der Waals surface area contributed by atoms with E-state index in [4.69, 9.17) is 21.6 Å². The van der Waals surface area contributed by atoms with E-state index in [1.807, 2.05) is 0 Å². The highest BCUT2D eigenvalue weighted by atomic mass is 35.5. The van der Waals surface area contributed by atoms with Gasteiger partial charge in [0.25, 0.3) is 0 Å². The zero-order valence-electron chi connectivity index (χ0n) is 17.3. The topological polar surface area (TPSA) is 68.4 Å². The number of hydrogen-bond donors (Lipinski definition) is 1. The van der Waals surface area contributed by atoms with Gasteiger partial charge in [-0.15, -0.1) is 3.98 Å². The monoisotopic (exact) mass is 475 g/mol. The number of alkyl halides is 3. The molecule has 1 aliphatic heterocycles. The molecule has 2 rings (SSSR count). The molecule has 0 radical (unpaired) electrons. The fourth-order valence-electron chi connectivity index (χ4n) is 2.89. The van der Waals surface area contributed by atoms with E-state index in [0.717, 1.165) is 18.0 Å². The highest BCUT2D eigenvalue weighted by Crippen LogP contribution is 2.43. The zero-order valence-corrected chi connectivity index (χ0v) is 18.9. The summed E-state index contributed by atoms with van der Waals surface area (Å²) in [5.74, 6) is 0.145. The largest absolute Gasteiger partial charge is 0.444 e. The number of amides is 1. The van der Waals surface area contributed by atoms with Crippen molar-refractivity contribution in [1.29, 1.82) is 5.26 Å². The number of rotatable bonds is 5. The number of nitriles is 1. The van der Waals surface area contributed by atoms with E-state index in [-0.39, 0.29) is 41.7 Å². The molecule has 1 amide bonds. The second kappa shape index (κ2) is 9.83. The van der Waals surface area contributed by atoms with Crippen molar-refractivity contribution in [2.24, 2.45) is 0 Å². The van der Waals surface area contributed by atoms with Crippen LogP contribution < -0.4 is 5.32 Å². The van der Waals surface area contributed by atoms with Crippen molar-refractivity contribution in [3.8, 4) is 6.19 Å². The summed E-state index contributed by atoms with van der Waals surface area (Å²) in [7, 11) is 0. The van der Waals surface area contributed by atoms with Crippen LogP contribution in [0.2, 0.25) is 5.02 Å². The lowest BCUT2D eigenvalue weighted by atomic mass is 9.94. The Morgan fingerprint density at radius 2 is 2.10 bits per heavy atom. The molecule has 11 heteroatoms. The van der Waals surface area contributed by atoms with Crippen LogP contribution in [-0.2, 0) is 10.9 Å². The number of carbonyl (C=O) groups is 1. The summed E-state index contributed by atoms with van der Waals surface area (Å²) < 4.78 is 48.1. The molecule has 1 aromatic rings. The molecule has 1 heterocycles. The van der Waals surface area contributed by atoms with Crippen LogP contribution in [0.5, 0.6) is 0 Å². The molecule has 6 nitrogen and oxygen atoms in total. The molecule has 1 aromatic carbocycles. The fraction of sp³-hybridized carbons (Fsp3) is 0.450. The van der Waals surface area contributed by atoms with Gasteiger partial charge in [0.1, 0.15) is 18.2 Å². The Bertz CT molecular complexity index is 936. The number of benzene rings is 1. The highest BCUT2D eigenvalue weighted by Gasteiger charge is 2.38. The molecule has 0 aromatic heterocycles. The Balaban J connectivity index is 2.33. The van der Waals surface area contributed by atoms with Crippen LogP contribution in [0, 0.1) is 11.5 Å². The predicted molar refractivity (Wildman–Crippen MR) is 115 cm³/mol. The molecule has 1 aliphatic rings. The standard InChI is InChI=1S/C20H23ClF3N4O2S/c1-19(2,3)30-18(29)28-7-5-13(6-8-28)17-15(20(22,23)24)9-14(10-16(17)21)27(4)31-12-26-11-25/h5,9-10,26H,4,6-8,12H2,1-3H3/q+1. The van der Waals surface area contributed by atoms with Gasteiger partial charge in [-0.1, -0.05) is 17.7 Å². The molecular weight excluding hydrogens is 453 g/mol. The lowest BCUT2D eigenvalue weighted by Crippen LogP contribution is -2.39. The van der Waals surface area contributed by atoms with Crippen molar-refractivity contribution in [3.63, 3.8) is 0 Å². The predicted octanol–water partition coefficient (Wildman–Crippen LogP) is 5.40.